The molecular weight excluding hydrogens is 540 g/mol. The zero-order valence-electron chi connectivity index (χ0n) is 24.3. The molecule has 5 heteroatoms. The third kappa shape index (κ3) is 4.60. The van der Waals surface area contributed by atoms with E-state index >= 15 is 0 Å². The number of hydrogen-bond donors (Lipinski definition) is 0. The highest BCUT2D eigenvalue weighted by Crippen LogP contribution is 2.62. The first-order valence-electron chi connectivity index (χ1n) is 14.8. The summed E-state index contributed by atoms with van der Waals surface area (Å²) >= 11 is 0. The summed E-state index contributed by atoms with van der Waals surface area (Å²) in [5.41, 5.74) is 2.52. The minimum Gasteiger partial charge on any atom is -0.408 e. The molecule has 0 spiro atoms. The molecule has 3 nitrogen and oxygen atoms in total. The average molecular weight is 579 g/mol. The van der Waals surface area contributed by atoms with E-state index in [1.54, 1.807) is 5.30 Å². The van der Waals surface area contributed by atoms with Crippen LogP contribution in [0.5, 0.6) is 0 Å². The van der Waals surface area contributed by atoms with Gasteiger partial charge in [0.2, 0.25) is 0 Å². The predicted octanol–water partition coefficient (Wildman–Crippen LogP) is 10.3. The van der Waals surface area contributed by atoms with Gasteiger partial charge in [-0.1, -0.05) is 78.9 Å². The van der Waals surface area contributed by atoms with Gasteiger partial charge in [-0.2, -0.15) is 0 Å². The molecule has 2 unspecified atom stereocenters. The molecule has 0 aliphatic heterocycles. The maximum Gasteiger partial charge on any atom is 0.309 e. The summed E-state index contributed by atoms with van der Waals surface area (Å²) in [6.07, 6.45) is 3.87. The molecule has 1 heterocycles. The van der Waals surface area contributed by atoms with Gasteiger partial charge in [-0.05, 0) is 72.0 Å². The fourth-order valence-electron chi connectivity index (χ4n) is 7.25. The van der Waals surface area contributed by atoms with E-state index in [-0.39, 0.29) is 0 Å². The van der Waals surface area contributed by atoms with Crippen molar-refractivity contribution in [2.75, 3.05) is 25.0 Å². The second-order valence-corrected chi connectivity index (χ2v) is 17.8. The molecule has 7 rings (SSSR count). The molecule has 0 radical (unpaired) electrons. The van der Waals surface area contributed by atoms with Crippen molar-refractivity contribution >= 4 is 64.2 Å². The van der Waals surface area contributed by atoms with Crippen LogP contribution in [0.15, 0.2) is 112 Å². The van der Waals surface area contributed by atoms with Crippen molar-refractivity contribution in [2.45, 2.75) is 37.9 Å². The van der Waals surface area contributed by atoms with E-state index in [0.29, 0.717) is 17.6 Å². The molecule has 0 N–H and O–H groups in total. The fraction of sp³-hybridized carbons (Fsp3) is 0.278. The Hall–Kier alpha value is -3.09. The van der Waals surface area contributed by atoms with Crippen LogP contribution in [0.3, 0.4) is 0 Å². The molecule has 208 valence electrons. The summed E-state index contributed by atoms with van der Waals surface area (Å²) in [6.45, 7) is 7.49. The van der Waals surface area contributed by atoms with Gasteiger partial charge < -0.3 is 8.39 Å². The second-order valence-electron chi connectivity index (χ2n) is 12.1. The molecule has 0 bridgehead atoms. The van der Waals surface area contributed by atoms with Crippen LogP contribution in [0.4, 0.5) is 0 Å². The molecule has 41 heavy (non-hydrogen) atoms. The molecule has 1 saturated carbocycles. The van der Waals surface area contributed by atoms with Crippen molar-refractivity contribution in [3.05, 3.63) is 103 Å². The van der Waals surface area contributed by atoms with Gasteiger partial charge >= 0.3 is 8.16 Å². The Morgan fingerprint density at radius 2 is 1.24 bits per heavy atom. The van der Waals surface area contributed by atoms with Gasteiger partial charge in [0.25, 0.3) is 0 Å². The highest BCUT2D eigenvalue weighted by molar-refractivity contribution is 7.82. The average Bonchev–Trinajstić information content (AvgIpc) is 3.45. The fourth-order valence-corrected chi connectivity index (χ4v) is 12.2. The van der Waals surface area contributed by atoms with Crippen molar-refractivity contribution in [3.63, 3.8) is 0 Å². The Morgan fingerprint density at radius 1 is 0.707 bits per heavy atom. The molecule has 0 amide bonds. The topological polar surface area (TPSA) is 29.5 Å². The predicted molar refractivity (Wildman–Crippen MR) is 181 cm³/mol. The Morgan fingerprint density at radius 3 is 1.83 bits per heavy atom. The number of nitrogens with zero attached hydrogens (tertiary/aromatic N) is 1. The Balaban J connectivity index is 1.39. The third-order valence-corrected chi connectivity index (χ3v) is 15.1. The molecule has 6 aromatic rings. The van der Waals surface area contributed by atoms with Gasteiger partial charge in [0.05, 0.1) is 24.3 Å². The number of fused-ring (bicyclic) bond motifs is 7. The molecule has 3 atom stereocenters. The van der Waals surface area contributed by atoms with Crippen molar-refractivity contribution in [1.82, 2.24) is 0 Å². The van der Waals surface area contributed by atoms with E-state index < -0.39 is 15.4 Å². The Kier molecular flexibility index (Phi) is 6.95. The summed E-state index contributed by atoms with van der Waals surface area (Å²) in [4.78, 5) is 0. The first kappa shape index (κ1) is 26.8. The van der Waals surface area contributed by atoms with E-state index in [1.165, 1.54) is 40.8 Å². The van der Waals surface area contributed by atoms with Gasteiger partial charge in [0.1, 0.15) is 11.2 Å². The van der Waals surface area contributed by atoms with Crippen LogP contribution in [0.2, 0.25) is 0 Å². The summed E-state index contributed by atoms with van der Waals surface area (Å²) < 4.78 is 16.3. The maximum atomic E-state index is 6.92. The minimum atomic E-state index is -1.36. The zero-order valence-corrected chi connectivity index (χ0v) is 26.1. The van der Waals surface area contributed by atoms with Crippen LogP contribution in [-0.4, -0.2) is 32.1 Å². The number of hydrogen-bond acceptors (Lipinski definition) is 3. The van der Waals surface area contributed by atoms with Gasteiger partial charge in [0.15, 0.2) is 0 Å². The van der Waals surface area contributed by atoms with Crippen molar-refractivity contribution in [3.8, 4) is 0 Å². The quantitative estimate of drug-likeness (QED) is 0.191. The van der Waals surface area contributed by atoms with Gasteiger partial charge in [-0.15, -0.1) is 0 Å². The van der Waals surface area contributed by atoms with E-state index in [0.717, 1.165) is 21.9 Å². The largest absolute Gasteiger partial charge is 0.408 e. The monoisotopic (exact) mass is 578 g/mol. The Labute approximate surface area is 244 Å². The number of rotatable bonds is 5. The molecule has 0 saturated heterocycles. The minimum absolute atomic E-state index is 0.336. The van der Waals surface area contributed by atoms with Crippen LogP contribution in [0.1, 0.15) is 26.2 Å². The zero-order chi connectivity index (χ0) is 28.1. The van der Waals surface area contributed by atoms with Crippen LogP contribution in [0, 0.1) is 5.92 Å². The van der Waals surface area contributed by atoms with Crippen LogP contribution < -0.4 is 9.97 Å². The Bertz CT molecular complexity index is 1820. The van der Waals surface area contributed by atoms with Crippen LogP contribution in [0.25, 0.3) is 43.5 Å². The van der Waals surface area contributed by atoms with E-state index in [2.05, 4.69) is 135 Å². The summed E-state index contributed by atoms with van der Waals surface area (Å²) in [5.74, 6) is 0.605. The first-order chi connectivity index (χ1) is 19.9. The van der Waals surface area contributed by atoms with Crippen molar-refractivity contribution < 1.29 is 8.39 Å². The standard InChI is InChI=1S/C36H38NO2P2/c1-25(29-19-12-20-34(29)41(3,4)28-15-6-5-7-16-28)37(2)40-38-32-23-21-26-13-8-10-17-30(26)35(32)36-31-18-11-9-14-27(31)22-24-33(36)39-40/h5-11,13-18,21-25,29,34H,12,19-20H2,1-4H3/q+1/t25-,29?,34?/m1/s1. The summed E-state index contributed by atoms with van der Waals surface area (Å²) in [6, 6.07) is 37.5. The van der Waals surface area contributed by atoms with Crippen LogP contribution in [-0.2, 0) is 0 Å². The molecule has 5 aromatic carbocycles. The molecule has 1 aliphatic carbocycles. The second kappa shape index (κ2) is 10.6. The molecule has 1 fully saturated rings. The lowest BCUT2D eigenvalue weighted by atomic mass is 9.99. The molecular formula is C36H38NO2P2+. The highest BCUT2D eigenvalue weighted by Gasteiger charge is 2.48. The lowest BCUT2D eigenvalue weighted by Gasteiger charge is -2.35. The molecule has 1 aliphatic rings. The highest BCUT2D eigenvalue weighted by atomic mass is 31.2. The van der Waals surface area contributed by atoms with Crippen molar-refractivity contribution in [1.29, 1.82) is 0 Å². The number of benzene rings is 5. The molecule has 1 aromatic heterocycles. The SMILES string of the molecule is C[C@H](C1CCCC1[P+](C)(C)c1ccccc1)N(C)p1oc2ccc3ccccc3c2c2c(ccc3ccccc32)o1. The normalized spacial score (nSPS) is 18.6. The van der Waals surface area contributed by atoms with Gasteiger partial charge in [-0.3, -0.25) is 0 Å². The smallest absolute Gasteiger partial charge is 0.309 e. The first-order valence-corrected chi connectivity index (χ1v) is 18.6. The third-order valence-electron chi connectivity index (χ3n) is 9.63. The lowest BCUT2D eigenvalue weighted by molar-refractivity contribution is 0.449. The van der Waals surface area contributed by atoms with Crippen LogP contribution >= 0.6 is 15.4 Å². The van der Waals surface area contributed by atoms with Gasteiger partial charge in [0, 0.05) is 37.0 Å². The summed E-state index contributed by atoms with van der Waals surface area (Å²) in [5, 5.41) is 8.63. The van der Waals surface area contributed by atoms with E-state index in [1.807, 2.05) is 0 Å². The maximum absolute atomic E-state index is 6.92. The lowest BCUT2D eigenvalue weighted by Crippen LogP contribution is -2.39. The van der Waals surface area contributed by atoms with Gasteiger partial charge in [-0.25, -0.2) is 4.67 Å². The summed E-state index contributed by atoms with van der Waals surface area (Å²) in [7, 11) is -0.451. The van der Waals surface area contributed by atoms with E-state index in [4.69, 9.17) is 8.39 Å². The van der Waals surface area contributed by atoms with Crippen molar-refractivity contribution in [2.24, 2.45) is 5.92 Å². The van der Waals surface area contributed by atoms with E-state index in [9.17, 15) is 0 Å².